The Balaban J connectivity index is 1.59. The average molecular weight is 203 g/mol. The molecule has 0 spiro atoms. The molecule has 2 heterocycles. The van der Waals surface area contributed by atoms with Crippen molar-refractivity contribution in [3.8, 4) is 0 Å². The van der Waals surface area contributed by atoms with Crippen molar-refractivity contribution in [3.63, 3.8) is 0 Å². The first-order chi connectivity index (χ1) is 7.45. The van der Waals surface area contributed by atoms with Gasteiger partial charge in [-0.2, -0.15) is 0 Å². The van der Waals surface area contributed by atoms with Crippen LogP contribution in [0.15, 0.2) is 24.5 Å². The lowest BCUT2D eigenvalue weighted by Gasteiger charge is -2.12. The minimum absolute atomic E-state index is 1.15. The Morgan fingerprint density at radius 1 is 1.33 bits per heavy atom. The predicted molar refractivity (Wildman–Crippen MR) is 62.3 cm³/mol. The average Bonchev–Trinajstić information content (AvgIpc) is 2.79. The Hall–Kier alpha value is -0.890. The van der Waals surface area contributed by atoms with Gasteiger partial charge in [-0.1, -0.05) is 6.07 Å². The molecule has 1 radical (unpaired) electrons. The fourth-order valence-corrected chi connectivity index (χ4v) is 2.05. The van der Waals surface area contributed by atoms with E-state index < -0.39 is 0 Å². The third kappa shape index (κ3) is 3.63. The van der Waals surface area contributed by atoms with Crippen LogP contribution < -0.4 is 0 Å². The van der Waals surface area contributed by atoms with Crippen molar-refractivity contribution >= 4 is 0 Å². The minimum Gasteiger partial charge on any atom is -0.299 e. The fraction of sp³-hybridized carbons (Fsp3) is 0.538. The molecule has 15 heavy (non-hydrogen) atoms. The Kier molecular flexibility index (Phi) is 4.15. The van der Waals surface area contributed by atoms with Gasteiger partial charge in [-0.15, -0.1) is 0 Å². The van der Waals surface area contributed by atoms with E-state index >= 15 is 0 Å². The second-order valence-electron chi connectivity index (χ2n) is 4.18. The van der Waals surface area contributed by atoms with Crippen molar-refractivity contribution in [1.29, 1.82) is 0 Å². The summed E-state index contributed by atoms with van der Waals surface area (Å²) in [7, 11) is 0. The maximum absolute atomic E-state index is 4.12. The number of nitrogens with zero attached hydrogens (tertiary/aromatic N) is 2. The zero-order chi connectivity index (χ0) is 10.3. The molecule has 0 N–H and O–H groups in total. The normalized spacial score (nSPS) is 17.1. The van der Waals surface area contributed by atoms with Crippen LogP contribution in [0.1, 0.15) is 31.2 Å². The first-order valence-corrected chi connectivity index (χ1v) is 5.91. The summed E-state index contributed by atoms with van der Waals surface area (Å²) in [6, 6.07) is 4.17. The van der Waals surface area contributed by atoms with E-state index in [-0.39, 0.29) is 0 Å². The van der Waals surface area contributed by atoms with Gasteiger partial charge in [0.2, 0.25) is 0 Å². The SMILES string of the molecule is [CH](CCCc1cccnc1)N1CCCC1. The van der Waals surface area contributed by atoms with Crippen molar-refractivity contribution in [1.82, 2.24) is 9.88 Å². The summed E-state index contributed by atoms with van der Waals surface area (Å²) in [6.45, 7) is 4.92. The molecule has 1 saturated heterocycles. The highest BCUT2D eigenvalue weighted by Crippen LogP contribution is 2.12. The third-order valence-electron chi connectivity index (χ3n) is 2.92. The second kappa shape index (κ2) is 5.86. The maximum atomic E-state index is 4.12. The fourth-order valence-electron chi connectivity index (χ4n) is 2.05. The number of rotatable bonds is 5. The number of unbranched alkanes of at least 4 members (excludes halogenated alkanes) is 1. The number of aryl methyl sites for hydroxylation is 1. The van der Waals surface area contributed by atoms with Gasteiger partial charge < -0.3 is 0 Å². The van der Waals surface area contributed by atoms with Crippen LogP contribution in [0.2, 0.25) is 0 Å². The minimum atomic E-state index is 1.15. The summed E-state index contributed by atoms with van der Waals surface area (Å²) >= 11 is 0. The molecule has 1 aromatic heterocycles. The van der Waals surface area contributed by atoms with E-state index in [0.29, 0.717) is 0 Å². The quantitative estimate of drug-likeness (QED) is 0.684. The smallest absolute Gasteiger partial charge is 0.0299 e. The van der Waals surface area contributed by atoms with E-state index in [1.165, 1.54) is 44.3 Å². The van der Waals surface area contributed by atoms with Gasteiger partial charge in [0, 0.05) is 18.9 Å². The monoisotopic (exact) mass is 203 g/mol. The highest BCUT2D eigenvalue weighted by molar-refractivity contribution is 5.08. The number of hydrogen-bond acceptors (Lipinski definition) is 2. The molecular formula is C13H19N2. The van der Waals surface area contributed by atoms with E-state index in [0.717, 1.165) is 6.42 Å². The van der Waals surface area contributed by atoms with Crippen LogP contribution >= 0.6 is 0 Å². The van der Waals surface area contributed by atoms with Crippen LogP contribution in [0, 0.1) is 6.54 Å². The van der Waals surface area contributed by atoms with Crippen LogP contribution in [0.4, 0.5) is 0 Å². The van der Waals surface area contributed by atoms with Gasteiger partial charge in [0.15, 0.2) is 0 Å². The lowest BCUT2D eigenvalue weighted by atomic mass is 10.1. The molecule has 0 bridgehead atoms. The molecule has 2 nitrogen and oxygen atoms in total. The van der Waals surface area contributed by atoms with Gasteiger partial charge in [-0.25, -0.2) is 0 Å². The van der Waals surface area contributed by atoms with Gasteiger partial charge in [-0.3, -0.25) is 9.88 Å². The van der Waals surface area contributed by atoms with E-state index in [4.69, 9.17) is 0 Å². The summed E-state index contributed by atoms with van der Waals surface area (Å²) in [5.41, 5.74) is 1.35. The second-order valence-corrected chi connectivity index (χ2v) is 4.18. The molecule has 1 aromatic rings. The maximum Gasteiger partial charge on any atom is 0.0299 e. The van der Waals surface area contributed by atoms with Crippen LogP contribution in [-0.2, 0) is 6.42 Å². The number of hydrogen-bond donors (Lipinski definition) is 0. The largest absolute Gasteiger partial charge is 0.299 e. The van der Waals surface area contributed by atoms with Crippen molar-refractivity contribution in [3.05, 3.63) is 36.6 Å². The number of likely N-dealkylation sites (tertiary alicyclic amines) is 1. The van der Waals surface area contributed by atoms with Crippen LogP contribution in [0.5, 0.6) is 0 Å². The zero-order valence-electron chi connectivity index (χ0n) is 9.23. The van der Waals surface area contributed by atoms with Crippen molar-refractivity contribution in [2.75, 3.05) is 13.1 Å². The Bertz CT molecular complexity index is 265. The van der Waals surface area contributed by atoms with E-state index in [2.05, 4.69) is 22.5 Å². The van der Waals surface area contributed by atoms with Crippen molar-refractivity contribution in [2.24, 2.45) is 0 Å². The van der Waals surface area contributed by atoms with Crippen LogP contribution in [-0.4, -0.2) is 23.0 Å². The van der Waals surface area contributed by atoms with E-state index in [1.807, 2.05) is 18.5 Å². The van der Waals surface area contributed by atoms with Gasteiger partial charge >= 0.3 is 0 Å². The first-order valence-electron chi connectivity index (χ1n) is 5.91. The Morgan fingerprint density at radius 2 is 2.20 bits per heavy atom. The molecule has 2 heteroatoms. The molecule has 0 unspecified atom stereocenters. The number of pyridine rings is 1. The predicted octanol–water partition coefficient (Wildman–Crippen LogP) is 2.66. The molecule has 0 aliphatic carbocycles. The summed E-state index contributed by atoms with van der Waals surface area (Å²) in [5, 5.41) is 0. The molecule has 0 aromatic carbocycles. The van der Waals surface area contributed by atoms with Gasteiger partial charge in [-0.05, 0) is 56.8 Å². The molecule has 2 rings (SSSR count). The van der Waals surface area contributed by atoms with E-state index in [1.54, 1.807) is 0 Å². The molecule has 0 atom stereocenters. The third-order valence-corrected chi connectivity index (χ3v) is 2.92. The lowest BCUT2D eigenvalue weighted by Crippen LogP contribution is -2.15. The van der Waals surface area contributed by atoms with Crippen molar-refractivity contribution < 1.29 is 0 Å². The highest BCUT2D eigenvalue weighted by Gasteiger charge is 2.10. The molecule has 0 amide bonds. The van der Waals surface area contributed by atoms with E-state index in [9.17, 15) is 0 Å². The summed E-state index contributed by atoms with van der Waals surface area (Å²) < 4.78 is 0. The van der Waals surface area contributed by atoms with Crippen LogP contribution in [0.3, 0.4) is 0 Å². The molecule has 81 valence electrons. The Labute approximate surface area is 92.3 Å². The summed E-state index contributed by atoms with van der Waals surface area (Å²) in [5.74, 6) is 0. The van der Waals surface area contributed by atoms with Crippen LogP contribution in [0.25, 0.3) is 0 Å². The standard InChI is InChI=1S/C13H19N2/c1(2-9-15-10-3-4-11-15)6-13-7-5-8-14-12-13/h5,7-9,12H,1-4,6,10-11H2. The zero-order valence-corrected chi connectivity index (χ0v) is 9.23. The molecule has 1 fully saturated rings. The Morgan fingerprint density at radius 3 is 2.93 bits per heavy atom. The highest BCUT2D eigenvalue weighted by atomic mass is 15.1. The summed E-state index contributed by atoms with van der Waals surface area (Å²) in [4.78, 5) is 6.58. The molecular weight excluding hydrogens is 184 g/mol. The molecule has 1 aliphatic rings. The van der Waals surface area contributed by atoms with Crippen molar-refractivity contribution in [2.45, 2.75) is 32.1 Å². The molecule has 0 saturated carbocycles. The van der Waals surface area contributed by atoms with Gasteiger partial charge in [0.05, 0.1) is 0 Å². The number of aromatic nitrogens is 1. The lowest BCUT2D eigenvalue weighted by molar-refractivity contribution is 0.395. The first kappa shape index (κ1) is 10.6. The summed E-state index contributed by atoms with van der Waals surface area (Å²) in [6.07, 6.45) is 10.1. The van der Waals surface area contributed by atoms with Gasteiger partial charge in [0.25, 0.3) is 0 Å². The topological polar surface area (TPSA) is 16.1 Å². The van der Waals surface area contributed by atoms with Gasteiger partial charge in [0.1, 0.15) is 0 Å². The molecule has 1 aliphatic heterocycles.